The fraction of sp³-hybridized carbons (Fsp3) is 0.423. The highest BCUT2D eigenvalue weighted by Gasteiger charge is 2.26. The highest BCUT2D eigenvalue weighted by atomic mass is 32.2. The number of aromatic nitrogens is 2. The van der Waals surface area contributed by atoms with Crippen molar-refractivity contribution < 1.29 is 17.9 Å². The van der Waals surface area contributed by atoms with E-state index >= 15 is 0 Å². The molecule has 0 saturated carbocycles. The van der Waals surface area contributed by atoms with Crippen LogP contribution in [-0.2, 0) is 21.8 Å². The number of nitrogens with zero attached hydrogens (tertiary/aromatic N) is 3. The maximum atomic E-state index is 11.6. The Morgan fingerprint density at radius 3 is 2.46 bits per heavy atom. The molecule has 2 aromatic carbocycles. The predicted molar refractivity (Wildman–Crippen MR) is 137 cm³/mol. The van der Waals surface area contributed by atoms with Gasteiger partial charge in [-0.25, -0.2) is 8.42 Å². The molecule has 188 valence electrons. The lowest BCUT2D eigenvalue weighted by Gasteiger charge is -2.34. The largest absolute Gasteiger partial charge is 0.491 e. The monoisotopic (exact) mass is 498 g/mol. The average Bonchev–Trinajstić information content (AvgIpc) is 3.27. The van der Waals surface area contributed by atoms with E-state index in [9.17, 15) is 8.42 Å². The van der Waals surface area contributed by atoms with Gasteiger partial charge in [-0.3, -0.25) is 9.40 Å². The third-order valence-electron chi connectivity index (χ3n) is 6.15. The molecule has 8 nitrogen and oxygen atoms in total. The average molecular weight is 499 g/mol. The molecule has 4 rings (SSSR count). The van der Waals surface area contributed by atoms with Crippen molar-refractivity contribution in [3.8, 4) is 5.75 Å². The summed E-state index contributed by atoms with van der Waals surface area (Å²) in [5.41, 5.74) is 2.66. The Morgan fingerprint density at radius 2 is 1.77 bits per heavy atom. The van der Waals surface area contributed by atoms with Crippen LogP contribution in [0.4, 0.5) is 5.69 Å². The Kier molecular flexibility index (Phi) is 8.43. The van der Waals surface area contributed by atoms with Gasteiger partial charge in [0.2, 0.25) is 10.0 Å². The summed E-state index contributed by atoms with van der Waals surface area (Å²) in [4.78, 5) is 2.44. The molecule has 1 aliphatic heterocycles. The van der Waals surface area contributed by atoms with E-state index in [0.29, 0.717) is 18.0 Å². The highest BCUT2D eigenvalue weighted by molar-refractivity contribution is 7.92. The molecule has 9 heteroatoms. The summed E-state index contributed by atoms with van der Waals surface area (Å²) in [7, 11) is -1.40. The van der Waals surface area contributed by atoms with Crippen molar-refractivity contribution in [3.63, 3.8) is 0 Å². The lowest BCUT2D eigenvalue weighted by molar-refractivity contribution is -0.0301. The molecular weight excluding hydrogens is 464 g/mol. The van der Waals surface area contributed by atoms with Gasteiger partial charge in [0.05, 0.1) is 30.3 Å². The van der Waals surface area contributed by atoms with E-state index < -0.39 is 10.0 Å². The van der Waals surface area contributed by atoms with Crippen LogP contribution in [0.1, 0.15) is 36.6 Å². The van der Waals surface area contributed by atoms with Gasteiger partial charge in [-0.05, 0) is 43.0 Å². The maximum absolute atomic E-state index is 11.6. The Bertz CT molecular complexity index is 1170. The maximum Gasteiger partial charge on any atom is 0.229 e. The third kappa shape index (κ3) is 7.30. The molecule has 1 aromatic heterocycles. The molecular formula is C26H34N4O4S. The Balaban J connectivity index is 1.24. The summed E-state index contributed by atoms with van der Waals surface area (Å²) >= 11 is 0. The topological polar surface area (TPSA) is 85.7 Å². The van der Waals surface area contributed by atoms with Gasteiger partial charge in [0.15, 0.2) is 0 Å². The van der Waals surface area contributed by atoms with Crippen molar-refractivity contribution in [2.45, 2.75) is 31.5 Å². The fourth-order valence-corrected chi connectivity index (χ4v) is 4.96. The summed E-state index contributed by atoms with van der Waals surface area (Å²) in [5.74, 6) is 0.548. The molecule has 1 aliphatic rings. The number of aryl methyl sites for hydroxylation is 1. The first kappa shape index (κ1) is 25.2. The van der Waals surface area contributed by atoms with Gasteiger partial charge < -0.3 is 14.4 Å². The van der Waals surface area contributed by atoms with Crippen molar-refractivity contribution in [1.29, 1.82) is 0 Å². The lowest BCUT2D eigenvalue weighted by Crippen LogP contribution is -2.38. The van der Waals surface area contributed by atoms with E-state index in [1.165, 1.54) is 0 Å². The van der Waals surface area contributed by atoms with Crippen molar-refractivity contribution in [2.75, 3.05) is 37.2 Å². The van der Waals surface area contributed by atoms with E-state index in [0.717, 1.165) is 56.4 Å². The zero-order chi connectivity index (χ0) is 24.7. The minimum atomic E-state index is -3.35. The van der Waals surface area contributed by atoms with Crippen LogP contribution >= 0.6 is 0 Å². The number of hydrogen-bond donors (Lipinski definition) is 1. The molecule has 0 amide bonds. The van der Waals surface area contributed by atoms with Crippen LogP contribution in [0.25, 0.3) is 0 Å². The van der Waals surface area contributed by atoms with Gasteiger partial charge in [-0.15, -0.1) is 0 Å². The lowest BCUT2D eigenvalue weighted by atomic mass is 10.0. The number of likely N-dealkylation sites (tertiary alicyclic amines) is 1. The fourth-order valence-electron chi connectivity index (χ4n) is 4.40. The summed E-state index contributed by atoms with van der Waals surface area (Å²) in [6.07, 6.45) is 5.82. The van der Waals surface area contributed by atoms with Gasteiger partial charge >= 0.3 is 0 Å². The zero-order valence-corrected chi connectivity index (χ0v) is 21.2. The quantitative estimate of drug-likeness (QED) is 0.405. The van der Waals surface area contributed by atoms with E-state index in [1.807, 2.05) is 48.3 Å². The highest BCUT2D eigenvalue weighted by Crippen LogP contribution is 2.30. The van der Waals surface area contributed by atoms with E-state index in [4.69, 9.17) is 9.47 Å². The first-order valence-electron chi connectivity index (χ1n) is 12.0. The molecule has 35 heavy (non-hydrogen) atoms. The van der Waals surface area contributed by atoms with E-state index in [1.54, 1.807) is 18.2 Å². The first-order chi connectivity index (χ1) is 16.9. The van der Waals surface area contributed by atoms with Crippen LogP contribution in [-0.4, -0.2) is 61.7 Å². The van der Waals surface area contributed by atoms with Crippen LogP contribution in [0.2, 0.25) is 0 Å². The standard InChI is InChI=1S/C26H34N4O4S/c1-29-24(13-16-27-29)26(21-9-4-3-5-10-21)34-22-14-18-30(19-15-22)17-8-20-33-25-12-7-6-11-23(25)28-35(2,31)32/h3-7,9-13,16,22,26,28H,8,14-15,17-20H2,1-2H3. The van der Waals surface area contributed by atoms with Gasteiger partial charge in [-0.2, -0.15) is 5.10 Å². The van der Waals surface area contributed by atoms with E-state index in [-0.39, 0.29) is 12.2 Å². The van der Waals surface area contributed by atoms with Crippen LogP contribution in [0.15, 0.2) is 66.9 Å². The number of rotatable bonds is 11. The van der Waals surface area contributed by atoms with Crippen molar-refractivity contribution >= 4 is 15.7 Å². The molecule has 3 aromatic rings. The minimum Gasteiger partial charge on any atom is -0.491 e. The molecule has 1 fully saturated rings. The number of anilines is 1. The van der Waals surface area contributed by atoms with Crippen LogP contribution < -0.4 is 9.46 Å². The summed E-state index contributed by atoms with van der Waals surface area (Å²) in [5, 5.41) is 4.34. The predicted octanol–water partition coefficient (Wildman–Crippen LogP) is 3.83. The molecule has 2 heterocycles. The number of para-hydroxylation sites is 2. The number of benzene rings is 2. The molecule has 0 aliphatic carbocycles. The van der Waals surface area contributed by atoms with Crippen LogP contribution in [0.5, 0.6) is 5.75 Å². The van der Waals surface area contributed by atoms with E-state index in [2.05, 4.69) is 26.9 Å². The second kappa shape index (κ2) is 11.7. The smallest absolute Gasteiger partial charge is 0.229 e. The number of piperidine rings is 1. The Labute approximate surface area is 207 Å². The number of hydrogen-bond acceptors (Lipinski definition) is 6. The Morgan fingerprint density at radius 1 is 1.06 bits per heavy atom. The molecule has 0 spiro atoms. The minimum absolute atomic E-state index is 0.130. The van der Waals surface area contributed by atoms with Crippen LogP contribution in [0, 0.1) is 0 Å². The zero-order valence-electron chi connectivity index (χ0n) is 20.3. The first-order valence-corrected chi connectivity index (χ1v) is 13.9. The van der Waals surface area contributed by atoms with Crippen molar-refractivity contribution in [3.05, 3.63) is 78.1 Å². The molecule has 0 radical (unpaired) electrons. The summed E-state index contributed by atoms with van der Waals surface area (Å²) < 4.78 is 40.0. The molecule has 1 N–H and O–H groups in total. The van der Waals surface area contributed by atoms with Crippen molar-refractivity contribution in [1.82, 2.24) is 14.7 Å². The number of nitrogens with one attached hydrogen (secondary N) is 1. The van der Waals surface area contributed by atoms with Crippen molar-refractivity contribution in [2.24, 2.45) is 7.05 Å². The van der Waals surface area contributed by atoms with Crippen LogP contribution in [0.3, 0.4) is 0 Å². The van der Waals surface area contributed by atoms with Gasteiger partial charge in [-0.1, -0.05) is 42.5 Å². The number of sulfonamides is 1. The molecule has 0 bridgehead atoms. The molecule has 1 saturated heterocycles. The number of ether oxygens (including phenoxy) is 2. The second-order valence-electron chi connectivity index (χ2n) is 8.92. The van der Waals surface area contributed by atoms with Gasteiger partial charge in [0.25, 0.3) is 0 Å². The molecule has 1 atom stereocenters. The van der Waals surface area contributed by atoms with Gasteiger partial charge in [0, 0.05) is 32.9 Å². The third-order valence-corrected chi connectivity index (χ3v) is 6.74. The SMILES string of the molecule is Cn1nccc1C(OC1CCN(CCCOc2ccccc2NS(C)(=O)=O)CC1)c1ccccc1. The summed E-state index contributed by atoms with van der Waals surface area (Å²) in [6, 6.07) is 19.4. The van der Waals surface area contributed by atoms with Gasteiger partial charge in [0.1, 0.15) is 11.9 Å². The Hall–Kier alpha value is -2.88. The summed E-state index contributed by atoms with van der Waals surface area (Å²) in [6.45, 7) is 3.40. The second-order valence-corrected chi connectivity index (χ2v) is 10.7. The molecule has 1 unspecified atom stereocenters. The normalized spacial score (nSPS) is 16.2.